The predicted octanol–water partition coefficient (Wildman–Crippen LogP) is 1.21. The van der Waals surface area contributed by atoms with E-state index in [4.69, 9.17) is 5.73 Å². The molecule has 4 unspecified atom stereocenters. The van der Waals surface area contributed by atoms with Gasteiger partial charge >= 0.3 is 5.97 Å². The normalized spacial score (nSPS) is 17.5. The Morgan fingerprint density at radius 3 is 2.21 bits per heavy atom. The van der Waals surface area contributed by atoms with Crippen LogP contribution in [0.1, 0.15) is 37.8 Å². The molecule has 0 radical (unpaired) electrons. The van der Waals surface area contributed by atoms with Crippen molar-refractivity contribution in [3.05, 3.63) is 65.7 Å². The molecule has 10 nitrogen and oxygen atoms in total. The Morgan fingerprint density at radius 2 is 1.61 bits per heavy atom. The molecule has 204 valence electrons. The highest BCUT2D eigenvalue weighted by molar-refractivity contribution is 5.94. The van der Waals surface area contributed by atoms with Crippen LogP contribution in [0.15, 0.2) is 54.6 Å². The van der Waals surface area contributed by atoms with Crippen molar-refractivity contribution in [1.82, 2.24) is 15.5 Å². The number of carboxylic acids is 1. The Kier molecular flexibility index (Phi) is 9.84. The molecule has 1 fully saturated rings. The van der Waals surface area contributed by atoms with Gasteiger partial charge in [0.2, 0.25) is 17.7 Å². The van der Waals surface area contributed by atoms with Gasteiger partial charge in [0, 0.05) is 13.0 Å². The van der Waals surface area contributed by atoms with Gasteiger partial charge in [-0.25, -0.2) is 4.79 Å². The molecule has 1 saturated heterocycles. The number of nitrogens with one attached hydrogen (secondary N) is 2. The third-order valence-electron chi connectivity index (χ3n) is 6.69. The Labute approximate surface area is 222 Å². The summed E-state index contributed by atoms with van der Waals surface area (Å²) in [4.78, 5) is 52.8. The van der Waals surface area contributed by atoms with Crippen LogP contribution in [0.4, 0.5) is 0 Å². The molecule has 4 atom stereocenters. The molecule has 0 bridgehead atoms. The number of nitrogens with zero attached hydrogens (tertiary/aromatic N) is 1. The Bertz CT molecular complexity index is 1120. The van der Waals surface area contributed by atoms with E-state index in [1.807, 2.05) is 30.3 Å². The zero-order valence-electron chi connectivity index (χ0n) is 21.7. The molecule has 0 aromatic heterocycles. The van der Waals surface area contributed by atoms with E-state index in [9.17, 15) is 29.4 Å². The minimum absolute atomic E-state index is 0.104. The number of phenols is 1. The summed E-state index contributed by atoms with van der Waals surface area (Å²) in [6.07, 6.45) is 1.38. The monoisotopic (exact) mass is 524 g/mol. The lowest BCUT2D eigenvalue weighted by Crippen LogP contribution is -2.58. The molecular weight excluding hydrogens is 488 g/mol. The SMILES string of the molecule is CC(C)C(NC(=O)C1CCCN1C(=O)C(Cc1ccccc1)NC(=O)C(N)Cc1ccc(O)cc1)C(=O)O. The molecule has 2 aromatic carbocycles. The summed E-state index contributed by atoms with van der Waals surface area (Å²) in [5.41, 5.74) is 7.73. The van der Waals surface area contributed by atoms with Crippen molar-refractivity contribution in [3.8, 4) is 5.75 Å². The van der Waals surface area contributed by atoms with E-state index in [0.717, 1.165) is 11.1 Å². The van der Waals surface area contributed by atoms with Crippen molar-refractivity contribution in [2.45, 2.75) is 63.7 Å². The third-order valence-corrected chi connectivity index (χ3v) is 6.69. The lowest BCUT2D eigenvalue weighted by Gasteiger charge is -2.30. The second-order valence-corrected chi connectivity index (χ2v) is 9.99. The Balaban J connectivity index is 1.76. The molecule has 0 aliphatic carbocycles. The highest BCUT2D eigenvalue weighted by Gasteiger charge is 2.39. The fourth-order valence-corrected chi connectivity index (χ4v) is 4.57. The summed E-state index contributed by atoms with van der Waals surface area (Å²) in [7, 11) is 0. The number of rotatable bonds is 11. The molecule has 6 N–H and O–H groups in total. The summed E-state index contributed by atoms with van der Waals surface area (Å²) in [6, 6.07) is 11.8. The predicted molar refractivity (Wildman–Crippen MR) is 141 cm³/mol. The zero-order valence-corrected chi connectivity index (χ0v) is 21.7. The average molecular weight is 525 g/mol. The van der Waals surface area contributed by atoms with Gasteiger partial charge in [0.1, 0.15) is 23.9 Å². The maximum atomic E-state index is 13.7. The molecule has 0 saturated carbocycles. The number of carboxylic acid groups (broad SMARTS) is 1. The van der Waals surface area contributed by atoms with Crippen LogP contribution >= 0.6 is 0 Å². The van der Waals surface area contributed by atoms with E-state index in [2.05, 4.69) is 10.6 Å². The van der Waals surface area contributed by atoms with E-state index in [-0.39, 0.29) is 24.5 Å². The first kappa shape index (κ1) is 28.6. The molecule has 1 aliphatic heterocycles. The van der Waals surface area contributed by atoms with Crippen LogP contribution in [-0.2, 0) is 32.0 Å². The standard InChI is InChI=1S/C28H36N4O6/c1-17(2)24(28(37)38)31-26(35)23-9-6-14-32(23)27(36)22(16-18-7-4-3-5-8-18)30-25(34)21(29)15-19-10-12-20(33)13-11-19/h3-5,7-8,10-13,17,21-24,33H,6,9,14-16,29H2,1-2H3,(H,30,34)(H,31,35)(H,37,38). The number of amides is 3. The van der Waals surface area contributed by atoms with Crippen LogP contribution < -0.4 is 16.4 Å². The maximum absolute atomic E-state index is 13.7. The topological polar surface area (TPSA) is 162 Å². The van der Waals surface area contributed by atoms with E-state index in [1.54, 1.807) is 26.0 Å². The first-order valence-corrected chi connectivity index (χ1v) is 12.8. The largest absolute Gasteiger partial charge is 0.508 e. The maximum Gasteiger partial charge on any atom is 0.326 e. The second-order valence-electron chi connectivity index (χ2n) is 9.99. The number of benzene rings is 2. The van der Waals surface area contributed by atoms with Gasteiger partial charge in [-0.1, -0.05) is 56.3 Å². The quantitative estimate of drug-likeness (QED) is 0.295. The lowest BCUT2D eigenvalue weighted by molar-refractivity contribution is -0.145. The molecule has 1 heterocycles. The number of phenolic OH excluding ortho intramolecular Hbond substituents is 1. The molecule has 38 heavy (non-hydrogen) atoms. The van der Waals surface area contributed by atoms with Crippen LogP contribution in [-0.4, -0.2) is 69.5 Å². The number of likely N-dealkylation sites (tertiary alicyclic amines) is 1. The van der Waals surface area contributed by atoms with Gasteiger partial charge in [-0.05, 0) is 48.4 Å². The summed E-state index contributed by atoms with van der Waals surface area (Å²) in [6.45, 7) is 3.71. The summed E-state index contributed by atoms with van der Waals surface area (Å²) < 4.78 is 0. The first-order valence-electron chi connectivity index (χ1n) is 12.8. The molecule has 0 spiro atoms. The highest BCUT2D eigenvalue weighted by Crippen LogP contribution is 2.21. The van der Waals surface area contributed by atoms with Crippen molar-refractivity contribution in [2.24, 2.45) is 11.7 Å². The van der Waals surface area contributed by atoms with E-state index >= 15 is 0 Å². The minimum Gasteiger partial charge on any atom is -0.508 e. The highest BCUT2D eigenvalue weighted by atomic mass is 16.4. The van der Waals surface area contributed by atoms with Gasteiger partial charge in [0.05, 0.1) is 6.04 Å². The van der Waals surface area contributed by atoms with Crippen LogP contribution in [0.5, 0.6) is 5.75 Å². The first-order chi connectivity index (χ1) is 18.1. The van der Waals surface area contributed by atoms with Crippen molar-refractivity contribution in [2.75, 3.05) is 6.54 Å². The van der Waals surface area contributed by atoms with Gasteiger partial charge in [-0.15, -0.1) is 0 Å². The van der Waals surface area contributed by atoms with Crippen molar-refractivity contribution in [3.63, 3.8) is 0 Å². The van der Waals surface area contributed by atoms with Crippen LogP contribution in [0, 0.1) is 5.92 Å². The summed E-state index contributed by atoms with van der Waals surface area (Å²) in [5.74, 6) is -2.83. The second kappa shape index (κ2) is 13.0. The number of hydrogen-bond donors (Lipinski definition) is 5. The smallest absolute Gasteiger partial charge is 0.326 e. The Hall–Kier alpha value is -3.92. The van der Waals surface area contributed by atoms with Crippen LogP contribution in [0.2, 0.25) is 0 Å². The number of aliphatic carboxylic acids is 1. The zero-order chi connectivity index (χ0) is 27.8. The van der Waals surface area contributed by atoms with Gasteiger partial charge in [0.25, 0.3) is 0 Å². The number of hydrogen-bond acceptors (Lipinski definition) is 6. The molecule has 3 rings (SSSR count). The van der Waals surface area contributed by atoms with E-state index < -0.39 is 47.9 Å². The third kappa shape index (κ3) is 7.55. The summed E-state index contributed by atoms with van der Waals surface area (Å²) >= 11 is 0. The van der Waals surface area contributed by atoms with Crippen LogP contribution in [0.25, 0.3) is 0 Å². The molecule has 10 heteroatoms. The van der Waals surface area contributed by atoms with Crippen LogP contribution in [0.3, 0.4) is 0 Å². The van der Waals surface area contributed by atoms with Crippen molar-refractivity contribution < 1.29 is 29.4 Å². The lowest BCUT2D eigenvalue weighted by atomic mass is 10.0. The van der Waals surface area contributed by atoms with Gasteiger partial charge in [-0.3, -0.25) is 14.4 Å². The molecular formula is C28H36N4O6. The average Bonchev–Trinajstić information content (AvgIpc) is 3.38. The van der Waals surface area contributed by atoms with Gasteiger partial charge in [-0.2, -0.15) is 0 Å². The molecule has 1 aliphatic rings. The van der Waals surface area contributed by atoms with E-state index in [1.165, 1.54) is 17.0 Å². The molecule has 2 aromatic rings. The number of carbonyl (C=O) groups is 4. The number of aromatic hydroxyl groups is 1. The van der Waals surface area contributed by atoms with Gasteiger partial charge < -0.3 is 31.5 Å². The Morgan fingerprint density at radius 1 is 0.974 bits per heavy atom. The van der Waals surface area contributed by atoms with E-state index in [0.29, 0.717) is 19.4 Å². The van der Waals surface area contributed by atoms with Gasteiger partial charge in [0.15, 0.2) is 0 Å². The fourth-order valence-electron chi connectivity index (χ4n) is 4.57. The number of nitrogens with two attached hydrogens (primary N) is 1. The minimum atomic E-state index is -1.14. The number of carbonyl (C=O) groups excluding carboxylic acids is 3. The molecule has 3 amide bonds. The fraction of sp³-hybridized carbons (Fsp3) is 0.429. The van der Waals surface area contributed by atoms with Crippen molar-refractivity contribution >= 4 is 23.7 Å². The van der Waals surface area contributed by atoms with Crippen molar-refractivity contribution in [1.29, 1.82) is 0 Å². The summed E-state index contributed by atoms with van der Waals surface area (Å²) in [5, 5.41) is 24.3.